The monoisotopic (exact) mass is 490 g/mol. The number of halogens is 1. The predicted octanol–water partition coefficient (Wildman–Crippen LogP) is 6.32. The molecule has 0 spiro atoms. The molecule has 5 rings (SSSR count). The summed E-state index contributed by atoms with van der Waals surface area (Å²) in [6.45, 7) is 7.36. The normalized spacial score (nSPS) is 15.7. The summed E-state index contributed by atoms with van der Waals surface area (Å²) in [6, 6.07) is 18.9. The quantitative estimate of drug-likeness (QED) is 0.328. The second-order valence-electron chi connectivity index (χ2n) is 9.77. The largest absolute Gasteiger partial charge is 0.343 e. The molecule has 0 amide bonds. The van der Waals surface area contributed by atoms with Crippen LogP contribution >= 0.6 is 0 Å². The Morgan fingerprint density at radius 1 is 0.914 bits per heavy atom. The maximum absolute atomic E-state index is 13.7. The van der Waals surface area contributed by atoms with Crippen LogP contribution in [0.2, 0.25) is 0 Å². The Bertz CT molecular complexity index is 1480. The number of piperidine rings is 1. The van der Waals surface area contributed by atoms with Gasteiger partial charge in [0.05, 0.1) is 4.90 Å². The molecule has 1 aliphatic rings. The summed E-state index contributed by atoms with van der Waals surface area (Å²) in [5, 5.41) is 1.19. The Morgan fingerprint density at radius 3 is 2.29 bits per heavy atom. The molecule has 0 radical (unpaired) electrons. The molecule has 4 aromatic rings. The molecular formula is C29H31FN2O2S. The van der Waals surface area contributed by atoms with Gasteiger partial charge in [0, 0.05) is 36.7 Å². The molecule has 182 valence electrons. The smallest absolute Gasteiger partial charge is 0.243 e. The second kappa shape index (κ2) is 9.25. The third-order valence-electron chi connectivity index (χ3n) is 7.16. The van der Waals surface area contributed by atoms with Crippen LogP contribution in [0.4, 0.5) is 4.39 Å². The number of sulfonamides is 1. The minimum atomic E-state index is -3.54. The van der Waals surface area contributed by atoms with Crippen LogP contribution in [0.3, 0.4) is 0 Å². The molecule has 0 atom stereocenters. The standard InChI is InChI=1S/C29H31FN2O2S/c1-20-15-21(2)29(22(3)16-20)35(33,34)32-13-11-24(12-14-32)27-19-31(28-10-5-4-9-26(27)28)18-23-7-6-8-25(30)17-23/h4-10,15-17,19,24H,11-14,18H2,1-3H3. The number of benzene rings is 3. The van der Waals surface area contributed by atoms with Gasteiger partial charge in [-0.2, -0.15) is 4.31 Å². The van der Waals surface area contributed by atoms with E-state index in [9.17, 15) is 12.8 Å². The van der Waals surface area contributed by atoms with Crippen molar-refractivity contribution in [2.24, 2.45) is 0 Å². The van der Waals surface area contributed by atoms with Crippen LogP contribution in [-0.4, -0.2) is 30.4 Å². The summed E-state index contributed by atoms with van der Waals surface area (Å²) in [6.07, 6.45) is 3.73. The average Bonchev–Trinajstić information content (AvgIpc) is 3.17. The van der Waals surface area contributed by atoms with Gasteiger partial charge in [0.1, 0.15) is 5.82 Å². The van der Waals surface area contributed by atoms with E-state index in [-0.39, 0.29) is 11.7 Å². The molecule has 0 aliphatic carbocycles. The Balaban J connectivity index is 1.40. The summed E-state index contributed by atoms with van der Waals surface area (Å²) in [7, 11) is -3.54. The average molecular weight is 491 g/mol. The first-order valence-corrected chi connectivity index (χ1v) is 13.6. The van der Waals surface area contributed by atoms with Gasteiger partial charge in [0.2, 0.25) is 10.0 Å². The highest BCUT2D eigenvalue weighted by Crippen LogP contribution is 2.37. The van der Waals surface area contributed by atoms with Crippen molar-refractivity contribution in [3.05, 3.63) is 100 Å². The number of nitrogens with zero attached hydrogens (tertiary/aromatic N) is 2. The van der Waals surface area contributed by atoms with Crippen LogP contribution in [0.15, 0.2) is 71.8 Å². The number of hydrogen-bond donors (Lipinski definition) is 0. The van der Waals surface area contributed by atoms with E-state index in [1.165, 1.54) is 17.0 Å². The summed E-state index contributed by atoms with van der Waals surface area (Å²) in [5.41, 5.74) is 5.98. The van der Waals surface area contributed by atoms with E-state index in [2.05, 4.69) is 22.9 Å². The second-order valence-corrected chi connectivity index (χ2v) is 11.6. The van der Waals surface area contributed by atoms with Crippen molar-refractivity contribution in [2.75, 3.05) is 13.1 Å². The highest BCUT2D eigenvalue weighted by Gasteiger charge is 2.33. The zero-order chi connectivity index (χ0) is 24.7. The maximum Gasteiger partial charge on any atom is 0.243 e. The minimum Gasteiger partial charge on any atom is -0.343 e. The van der Waals surface area contributed by atoms with Gasteiger partial charge in [0.15, 0.2) is 0 Å². The number of rotatable bonds is 5. The first-order chi connectivity index (χ1) is 16.7. The molecule has 6 heteroatoms. The lowest BCUT2D eigenvalue weighted by Gasteiger charge is -2.32. The first-order valence-electron chi connectivity index (χ1n) is 12.1. The summed E-state index contributed by atoms with van der Waals surface area (Å²) in [5.74, 6) is 0.0483. The predicted molar refractivity (Wildman–Crippen MR) is 139 cm³/mol. The SMILES string of the molecule is Cc1cc(C)c(S(=O)(=O)N2CCC(c3cn(Cc4cccc(F)c4)c4ccccc34)CC2)c(C)c1. The number of para-hydroxylation sites is 1. The van der Waals surface area contributed by atoms with Crippen LogP contribution in [0.1, 0.15) is 46.6 Å². The van der Waals surface area contributed by atoms with Crippen molar-refractivity contribution in [3.8, 4) is 0 Å². The Morgan fingerprint density at radius 2 is 1.60 bits per heavy atom. The van der Waals surface area contributed by atoms with Crippen molar-refractivity contribution in [3.63, 3.8) is 0 Å². The molecular weight excluding hydrogens is 459 g/mol. The fourth-order valence-corrected chi connectivity index (χ4v) is 7.55. The van der Waals surface area contributed by atoms with Gasteiger partial charge >= 0.3 is 0 Å². The van der Waals surface area contributed by atoms with Gasteiger partial charge < -0.3 is 4.57 Å². The van der Waals surface area contributed by atoms with E-state index in [0.717, 1.165) is 40.6 Å². The zero-order valence-corrected chi connectivity index (χ0v) is 21.3. The minimum absolute atomic E-state index is 0.230. The van der Waals surface area contributed by atoms with Crippen molar-refractivity contribution in [1.29, 1.82) is 0 Å². The van der Waals surface area contributed by atoms with Crippen LogP contribution in [0.25, 0.3) is 10.9 Å². The van der Waals surface area contributed by atoms with E-state index in [4.69, 9.17) is 0 Å². The molecule has 1 saturated heterocycles. The van der Waals surface area contributed by atoms with Crippen LogP contribution in [0.5, 0.6) is 0 Å². The van der Waals surface area contributed by atoms with E-state index in [1.807, 2.05) is 51.1 Å². The van der Waals surface area contributed by atoms with Crippen molar-refractivity contribution in [1.82, 2.24) is 8.87 Å². The summed E-state index contributed by atoms with van der Waals surface area (Å²) in [4.78, 5) is 0.452. The first kappa shape index (κ1) is 23.8. The Hall–Kier alpha value is -2.96. The number of aromatic nitrogens is 1. The van der Waals surface area contributed by atoms with E-state index >= 15 is 0 Å². The van der Waals surface area contributed by atoms with Gasteiger partial charge in [-0.05, 0) is 80.0 Å². The summed E-state index contributed by atoms with van der Waals surface area (Å²) < 4.78 is 44.6. The number of aryl methyl sites for hydroxylation is 3. The van der Waals surface area contributed by atoms with Gasteiger partial charge in [-0.25, -0.2) is 12.8 Å². The zero-order valence-electron chi connectivity index (χ0n) is 20.5. The highest BCUT2D eigenvalue weighted by molar-refractivity contribution is 7.89. The molecule has 35 heavy (non-hydrogen) atoms. The van der Waals surface area contributed by atoms with Crippen LogP contribution < -0.4 is 0 Å². The third kappa shape index (κ3) is 4.53. The fraction of sp³-hybridized carbons (Fsp3) is 0.310. The molecule has 1 aliphatic heterocycles. The van der Waals surface area contributed by atoms with Crippen LogP contribution in [0, 0.1) is 26.6 Å². The molecule has 0 saturated carbocycles. The molecule has 2 heterocycles. The Kier molecular flexibility index (Phi) is 6.28. The van der Waals surface area contributed by atoms with E-state index < -0.39 is 10.0 Å². The third-order valence-corrected chi connectivity index (χ3v) is 9.36. The topological polar surface area (TPSA) is 42.3 Å². The molecule has 0 unspecified atom stereocenters. The van der Waals surface area contributed by atoms with Gasteiger partial charge in [0.25, 0.3) is 0 Å². The number of fused-ring (bicyclic) bond motifs is 1. The molecule has 0 bridgehead atoms. The highest BCUT2D eigenvalue weighted by atomic mass is 32.2. The fourth-order valence-electron chi connectivity index (χ4n) is 5.67. The van der Waals surface area contributed by atoms with Crippen molar-refractivity contribution >= 4 is 20.9 Å². The lowest BCUT2D eigenvalue weighted by atomic mass is 9.90. The molecule has 4 nitrogen and oxygen atoms in total. The van der Waals surface area contributed by atoms with E-state index in [0.29, 0.717) is 24.5 Å². The van der Waals surface area contributed by atoms with Gasteiger partial charge in [-0.3, -0.25) is 0 Å². The van der Waals surface area contributed by atoms with Crippen molar-refractivity contribution in [2.45, 2.75) is 51.0 Å². The summed E-state index contributed by atoms with van der Waals surface area (Å²) >= 11 is 0. The van der Waals surface area contributed by atoms with E-state index in [1.54, 1.807) is 16.4 Å². The number of hydrogen-bond acceptors (Lipinski definition) is 2. The lowest BCUT2D eigenvalue weighted by molar-refractivity contribution is 0.320. The van der Waals surface area contributed by atoms with Crippen molar-refractivity contribution < 1.29 is 12.8 Å². The van der Waals surface area contributed by atoms with Crippen LogP contribution in [-0.2, 0) is 16.6 Å². The lowest BCUT2D eigenvalue weighted by Crippen LogP contribution is -2.38. The molecule has 0 N–H and O–H groups in total. The van der Waals surface area contributed by atoms with Gasteiger partial charge in [-0.1, -0.05) is 48.0 Å². The van der Waals surface area contributed by atoms with Gasteiger partial charge in [-0.15, -0.1) is 0 Å². The molecule has 1 fully saturated rings. The maximum atomic E-state index is 13.7. The molecule has 1 aromatic heterocycles. The molecule has 3 aromatic carbocycles. The Labute approximate surface area is 207 Å².